The third-order valence-corrected chi connectivity index (χ3v) is 4.32. The Morgan fingerprint density at radius 1 is 1.07 bits per heavy atom. The topological polar surface area (TPSA) is 64.4 Å². The van der Waals surface area contributed by atoms with Gasteiger partial charge in [0.25, 0.3) is 0 Å². The van der Waals surface area contributed by atoms with Gasteiger partial charge < -0.3 is 9.57 Å². The molecule has 0 bridgehead atoms. The van der Waals surface area contributed by atoms with Crippen molar-refractivity contribution in [2.45, 2.75) is 33.7 Å². The molecule has 0 unspecified atom stereocenters. The Morgan fingerprint density at radius 3 is 2.40 bits per heavy atom. The Kier molecular flexibility index (Phi) is 7.82. The number of hydroxylamine groups is 1. The Balaban J connectivity index is 2.18. The normalized spacial score (nSPS) is 12.7. The van der Waals surface area contributed by atoms with E-state index in [4.69, 9.17) is 9.68 Å². The van der Waals surface area contributed by atoms with Crippen molar-refractivity contribution in [2.75, 3.05) is 14.2 Å². The van der Waals surface area contributed by atoms with Crippen molar-refractivity contribution in [3.8, 4) is 5.75 Å². The van der Waals surface area contributed by atoms with Gasteiger partial charge in [-0.05, 0) is 50.1 Å². The van der Waals surface area contributed by atoms with Crippen molar-refractivity contribution in [3.05, 3.63) is 64.2 Å². The van der Waals surface area contributed by atoms with Crippen LogP contribution in [0.3, 0.4) is 0 Å². The van der Waals surface area contributed by atoms with Gasteiger partial charge in [0.1, 0.15) is 12.4 Å². The number of amidine groups is 1. The molecule has 2 aromatic carbocycles. The van der Waals surface area contributed by atoms with E-state index >= 15 is 0 Å². The van der Waals surface area contributed by atoms with Crippen molar-refractivity contribution >= 4 is 11.5 Å². The lowest BCUT2D eigenvalue weighted by molar-refractivity contribution is -0.274. The van der Waals surface area contributed by atoms with E-state index in [1.54, 1.807) is 20.9 Å². The second-order valence-electron chi connectivity index (χ2n) is 6.45. The lowest BCUT2D eigenvalue weighted by Gasteiger charge is -2.14. The summed E-state index contributed by atoms with van der Waals surface area (Å²) in [7, 11) is 3.14. The fraction of sp³-hybridized carbons (Fsp3) is 0.333. The van der Waals surface area contributed by atoms with Crippen molar-refractivity contribution in [1.82, 2.24) is 5.48 Å². The van der Waals surface area contributed by atoms with Gasteiger partial charge in [-0.15, -0.1) is 13.2 Å². The number of alkyl halides is 3. The molecule has 0 radical (unpaired) electrons. The van der Waals surface area contributed by atoms with Gasteiger partial charge in [0.05, 0.1) is 12.8 Å². The smallest absolute Gasteiger partial charge is 0.406 e. The first-order chi connectivity index (χ1) is 14.2. The number of nitrogens with zero attached hydrogens (tertiary/aromatic N) is 2. The van der Waals surface area contributed by atoms with Crippen molar-refractivity contribution in [1.29, 1.82) is 0 Å². The standard InChI is InChI=1S/C21H24F3N3O3/c1-13-7-6-8-18(20(25-4)27-28-5)19(13)12-29-26-15(3)17-10-9-16(11-14(17)2)30-21(22,23)24/h6-11H,12H2,1-5H3,(H,25,27)/b26-15+. The SMILES string of the molecule is CN=C(NOC)c1cccc(C)c1CO/N=C(\C)c1ccc(OC(F)(F)F)cc1C. The molecule has 0 fully saturated rings. The maximum Gasteiger partial charge on any atom is 0.573 e. The Labute approximate surface area is 173 Å². The van der Waals surface area contributed by atoms with Crippen LogP contribution in [0, 0.1) is 13.8 Å². The molecule has 2 rings (SSSR count). The fourth-order valence-corrected chi connectivity index (χ4v) is 2.92. The van der Waals surface area contributed by atoms with Crippen LogP contribution < -0.4 is 10.2 Å². The molecule has 0 atom stereocenters. The molecule has 9 heteroatoms. The van der Waals surface area contributed by atoms with Crippen molar-refractivity contribution in [3.63, 3.8) is 0 Å². The predicted molar refractivity (Wildman–Crippen MR) is 109 cm³/mol. The van der Waals surface area contributed by atoms with Gasteiger partial charge in [-0.3, -0.25) is 9.83 Å². The highest BCUT2D eigenvalue weighted by atomic mass is 19.4. The molecule has 0 heterocycles. The van der Waals surface area contributed by atoms with Gasteiger partial charge in [-0.1, -0.05) is 23.4 Å². The van der Waals surface area contributed by atoms with E-state index < -0.39 is 6.36 Å². The third-order valence-electron chi connectivity index (χ3n) is 4.32. The highest BCUT2D eigenvalue weighted by molar-refractivity contribution is 6.00. The molecule has 0 saturated heterocycles. The zero-order valence-corrected chi connectivity index (χ0v) is 17.4. The van der Waals surface area contributed by atoms with E-state index in [1.807, 2.05) is 25.1 Å². The third kappa shape index (κ3) is 6.21. The van der Waals surface area contributed by atoms with E-state index in [2.05, 4.69) is 20.4 Å². The number of nitrogens with one attached hydrogen (secondary N) is 1. The first-order valence-corrected chi connectivity index (χ1v) is 9.04. The largest absolute Gasteiger partial charge is 0.573 e. The van der Waals surface area contributed by atoms with Gasteiger partial charge in [0, 0.05) is 23.7 Å². The number of hydrogen-bond acceptors (Lipinski definition) is 5. The Bertz CT molecular complexity index is 941. The average molecular weight is 423 g/mol. The van der Waals surface area contributed by atoms with Crippen LogP contribution in [-0.2, 0) is 16.3 Å². The molecule has 6 nitrogen and oxygen atoms in total. The zero-order chi connectivity index (χ0) is 22.3. The molecule has 0 aliphatic heterocycles. The monoisotopic (exact) mass is 423 g/mol. The Morgan fingerprint density at radius 2 is 1.80 bits per heavy atom. The second kappa shape index (κ2) is 10.1. The average Bonchev–Trinajstić information content (AvgIpc) is 2.66. The minimum atomic E-state index is -4.73. The lowest BCUT2D eigenvalue weighted by atomic mass is 10.0. The summed E-state index contributed by atoms with van der Waals surface area (Å²) in [5.41, 5.74) is 7.20. The zero-order valence-electron chi connectivity index (χ0n) is 17.4. The highest BCUT2D eigenvalue weighted by Crippen LogP contribution is 2.25. The van der Waals surface area contributed by atoms with Crippen LogP contribution in [0.15, 0.2) is 46.5 Å². The summed E-state index contributed by atoms with van der Waals surface area (Å²) in [6.45, 7) is 5.52. The molecule has 0 amide bonds. The van der Waals surface area contributed by atoms with Gasteiger partial charge in [0.15, 0.2) is 5.84 Å². The Hall–Kier alpha value is -3.07. The van der Waals surface area contributed by atoms with Crippen molar-refractivity contribution in [2.24, 2.45) is 10.1 Å². The summed E-state index contributed by atoms with van der Waals surface area (Å²) >= 11 is 0. The molecule has 0 spiro atoms. The van der Waals surface area contributed by atoms with E-state index in [0.29, 0.717) is 22.7 Å². The van der Waals surface area contributed by atoms with Crippen LogP contribution in [0.25, 0.3) is 0 Å². The number of ether oxygens (including phenoxy) is 1. The summed E-state index contributed by atoms with van der Waals surface area (Å²) in [5.74, 6) is 0.274. The number of halogens is 3. The number of hydrogen-bond donors (Lipinski definition) is 1. The first kappa shape index (κ1) is 23.2. The highest BCUT2D eigenvalue weighted by Gasteiger charge is 2.31. The van der Waals surface area contributed by atoms with Crippen molar-refractivity contribution < 1.29 is 27.6 Å². The van der Waals surface area contributed by atoms with Crippen LogP contribution in [0.5, 0.6) is 5.75 Å². The van der Waals surface area contributed by atoms with Gasteiger partial charge in [-0.25, -0.2) is 5.48 Å². The molecule has 30 heavy (non-hydrogen) atoms. The van der Waals surface area contributed by atoms with E-state index in [1.165, 1.54) is 25.3 Å². The first-order valence-electron chi connectivity index (χ1n) is 9.04. The molecule has 0 aliphatic carbocycles. The molecule has 0 aliphatic rings. The quantitative estimate of drug-likeness (QED) is 0.399. The number of rotatable bonds is 7. The predicted octanol–water partition coefficient (Wildman–Crippen LogP) is 4.67. The van der Waals surface area contributed by atoms with Crippen LogP contribution in [0.4, 0.5) is 13.2 Å². The summed E-state index contributed by atoms with van der Waals surface area (Å²) < 4.78 is 41.0. The molecular weight excluding hydrogens is 399 g/mol. The molecule has 162 valence electrons. The molecule has 0 aromatic heterocycles. The summed E-state index contributed by atoms with van der Waals surface area (Å²) in [5, 5.41) is 4.13. The van der Waals surface area contributed by atoms with E-state index in [0.717, 1.165) is 16.7 Å². The lowest BCUT2D eigenvalue weighted by Crippen LogP contribution is -2.24. The van der Waals surface area contributed by atoms with Gasteiger partial charge in [0.2, 0.25) is 0 Å². The van der Waals surface area contributed by atoms with Gasteiger partial charge in [-0.2, -0.15) is 0 Å². The van der Waals surface area contributed by atoms with Crippen LogP contribution in [0.2, 0.25) is 0 Å². The van der Waals surface area contributed by atoms with Gasteiger partial charge >= 0.3 is 6.36 Å². The second-order valence-corrected chi connectivity index (χ2v) is 6.45. The van der Waals surface area contributed by atoms with E-state index in [-0.39, 0.29) is 12.4 Å². The van der Waals surface area contributed by atoms with Crippen LogP contribution in [0.1, 0.15) is 34.7 Å². The number of aliphatic imine (C=N–C) groups is 1. The van der Waals surface area contributed by atoms with Crippen LogP contribution >= 0.6 is 0 Å². The molecule has 0 saturated carbocycles. The summed E-state index contributed by atoms with van der Waals surface area (Å²) in [4.78, 5) is 14.7. The minimum absolute atomic E-state index is 0.179. The minimum Gasteiger partial charge on any atom is -0.406 e. The van der Waals surface area contributed by atoms with E-state index in [9.17, 15) is 13.2 Å². The summed E-state index contributed by atoms with van der Waals surface area (Å²) in [6.07, 6.45) is -4.73. The maximum atomic E-state index is 12.4. The fourth-order valence-electron chi connectivity index (χ4n) is 2.92. The summed E-state index contributed by atoms with van der Waals surface area (Å²) in [6, 6.07) is 9.81. The van der Waals surface area contributed by atoms with Crippen LogP contribution in [-0.4, -0.2) is 32.1 Å². The number of aryl methyl sites for hydroxylation is 2. The molecule has 2 aromatic rings. The molecular formula is C21H24F3N3O3. The number of oxime groups is 1. The number of benzene rings is 2. The molecule has 1 N–H and O–H groups in total. The maximum absolute atomic E-state index is 12.4.